The Morgan fingerprint density at radius 3 is 2.30 bits per heavy atom. The second-order valence-electron chi connectivity index (χ2n) is 6.51. The summed E-state index contributed by atoms with van der Waals surface area (Å²) in [4.78, 5) is 24.9. The minimum atomic E-state index is -2.72. The van der Waals surface area contributed by atoms with Crippen molar-refractivity contribution >= 4 is 12.1 Å². The van der Waals surface area contributed by atoms with Crippen molar-refractivity contribution in [3.63, 3.8) is 0 Å². The van der Waals surface area contributed by atoms with Crippen LogP contribution < -0.4 is 0 Å². The van der Waals surface area contributed by atoms with Crippen LogP contribution in [0.4, 0.5) is 13.6 Å². The van der Waals surface area contributed by atoms with Gasteiger partial charge in [0, 0.05) is 12.3 Å². The molecule has 1 aliphatic heterocycles. The van der Waals surface area contributed by atoms with E-state index in [1.54, 1.807) is 0 Å². The molecule has 1 amide bonds. The van der Waals surface area contributed by atoms with Gasteiger partial charge in [-0.2, -0.15) is 0 Å². The minimum Gasteiger partial charge on any atom is -0.448 e. The first-order chi connectivity index (χ1) is 13.1. The number of ether oxygens (including phenoxy) is 2. The molecule has 4 rings (SSSR count). The first-order valence-electron chi connectivity index (χ1n) is 8.62. The summed E-state index contributed by atoms with van der Waals surface area (Å²) in [5.41, 5.74) is 4.27. The molecule has 0 unspecified atom stereocenters. The van der Waals surface area contributed by atoms with E-state index in [1.807, 2.05) is 48.5 Å². The van der Waals surface area contributed by atoms with Gasteiger partial charge in [0.1, 0.15) is 12.6 Å². The molecule has 1 aliphatic carbocycles. The highest BCUT2D eigenvalue weighted by Gasteiger charge is 2.41. The van der Waals surface area contributed by atoms with E-state index in [4.69, 9.17) is 9.47 Å². The normalized spacial score (nSPS) is 18.4. The first kappa shape index (κ1) is 17.5. The molecule has 0 saturated carbocycles. The highest BCUT2D eigenvalue weighted by molar-refractivity contribution is 5.84. The SMILES string of the molecule is O=C1OCN(C(=O)OCC2c3ccccc3-c3ccccc32)[C@H]1CC(F)F. The number of benzene rings is 2. The average molecular weight is 373 g/mol. The summed E-state index contributed by atoms with van der Waals surface area (Å²) in [5, 5.41) is 0. The Morgan fingerprint density at radius 2 is 1.70 bits per heavy atom. The number of hydrogen-bond acceptors (Lipinski definition) is 4. The van der Waals surface area contributed by atoms with E-state index < -0.39 is 31.0 Å². The number of rotatable bonds is 4. The van der Waals surface area contributed by atoms with E-state index in [1.165, 1.54) is 0 Å². The Hall–Kier alpha value is -2.96. The van der Waals surface area contributed by atoms with Gasteiger partial charge < -0.3 is 9.47 Å². The summed E-state index contributed by atoms with van der Waals surface area (Å²) in [7, 11) is 0. The standard InChI is InChI=1S/C20H17F2NO4/c21-18(22)9-17-19(24)27-11-23(17)20(25)26-10-16-14-7-3-1-5-12(14)13-6-2-4-8-15(13)16/h1-8,16-18H,9-11H2/t17-/m0/s1. The van der Waals surface area contributed by atoms with E-state index >= 15 is 0 Å². The molecule has 1 fully saturated rings. The fourth-order valence-electron chi connectivity index (χ4n) is 3.70. The Labute approximate surface area is 154 Å². The lowest BCUT2D eigenvalue weighted by atomic mass is 9.98. The van der Waals surface area contributed by atoms with Crippen molar-refractivity contribution in [1.82, 2.24) is 4.90 Å². The van der Waals surface area contributed by atoms with E-state index in [0.717, 1.165) is 27.2 Å². The lowest BCUT2D eigenvalue weighted by Gasteiger charge is -2.21. The summed E-state index contributed by atoms with van der Waals surface area (Å²) < 4.78 is 35.5. The molecule has 2 aromatic carbocycles. The number of nitrogens with zero attached hydrogens (tertiary/aromatic N) is 1. The second-order valence-corrected chi connectivity index (χ2v) is 6.51. The van der Waals surface area contributed by atoms with Crippen LogP contribution in [0.5, 0.6) is 0 Å². The number of amides is 1. The maximum Gasteiger partial charge on any atom is 0.413 e. The molecule has 140 valence electrons. The molecule has 27 heavy (non-hydrogen) atoms. The van der Waals surface area contributed by atoms with Gasteiger partial charge in [-0.25, -0.2) is 18.4 Å². The second kappa shape index (κ2) is 6.98. The van der Waals surface area contributed by atoms with Gasteiger partial charge in [-0.15, -0.1) is 0 Å². The Morgan fingerprint density at radius 1 is 1.11 bits per heavy atom. The Balaban J connectivity index is 1.50. The van der Waals surface area contributed by atoms with E-state index in [2.05, 4.69) is 0 Å². The molecule has 5 nitrogen and oxygen atoms in total. The number of carbonyl (C=O) groups excluding carboxylic acids is 2. The number of cyclic esters (lactones) is 1. The molecule has 1 atom stereocenters. The number of esters is 1. The zero-order valence-electron chi connectivity index (χ0n) is 14.3. The molecular formula is C20H17F2NO4. The van der Waals surface area contributed by atoms with Gasteiger partial charge >= 0.3 is 12.1 Å². The van der Waals surface area contributed by atoms with Crippen molar-refractivity contribution in [2.24, 2.45) is 0 Å². The number of halogens is 2. The molecule has 0 bridgehead atoms. The van der Waals surface area contributed by atoms with Crippen LogP contribution >= 0.6 is 0 Å². The molecular weight excluding hydrogens is 356 g/mol. The molecule has 7 heteroatoms. The number of carbonyl (C=O) groups is 2. The lowest BCUT2D eigenvalue weighted by molar-refractivity contribution is -0.139. The van der Waals surface area contributed by atoms with Crippen LogP contribution in [0, 0.1) is 0 Å². The van der Waals surface area contributed by atoms with Crippen LogP contribution in [0.2, 0.25) is 0 Å². The highest BCUT2D eigenvalue weighted by atomic mass is 19.3. The Bertz CT molecular complexity index is 840. The molecule has 0 radical (unpaired) electrons. The van der Waals surface area contributed by atoms with Gasteiger partial charge in [-0.1, -0.05) is 48.5 Å². The highest BCUT2D eigenvalue weighted by Crippen LogP contribution is 2.44. The van der Waals surface area contributed by atoms with Crippen LogP contribution in [0.3, 0.4) is 0 Å². The largest absolute Gasteiger partial charge is 0.448 e. The zero-order valence-corrected chi connectivity index (χ0v) is 14.3. The quantitative estimate of drug-likeness (QED) is 0.766. The third kappa shape index (κ3) is 3.13. The van der Waals surface area contributed by atoms with Gasteiger partial charge in [0.05, 0.1) is 0 Å². The summed E-state index contributed by atoms with van der Waals surface area (Å²) in [6, 6.07) is 14.4. The minimum absolute atomic E-state index is 0.0545. The maximum absolute atomic E-state index is 12.7. The third-order valence-corrected chi connectivity index (χ3v) is 4.97. The summed E-state index contributed by atoms with van der Waals surface area (Å²) in [6.45, 7) is -0.314. The van der Waals surface area contributed by atoms with Crippen molar-refractivity contribution in [2.45, 2.75) is 24.8 Å². The summed E-state index contributed by atoms with van der Waals surface area (Å²) in [6.07, 6.45) is -4.30. The van der Waals surface area contributed by atoms with Crippen molar-refractivity contribution in [3.05, 3.63) is 59.7 Å². The fraction of sp³-hybridized carbons (Fsp3) is 0.300. The Kier molecular flexibility index (Phi) is 4.51. The molecule has 0 spiro atoms. The molecule has 2 aromatic rings. The van der Waals surface area contributed by atoms with Crippen molar-refractivity contribution in [1.29, 1.82) is 0 Å². The van der Waals surface area contributed by atoms with Crippen LogP contribution in [-0.2, 0) is 14.3 Å². The van der Waals surface area contributed by atoms with Crippen LogP contribution in [0.25, 0.3) is 11.1 Å². The van der Waals surface area contributed by atoms with Crippen molar-refractivity contribution < 1.29 is 27.8 Å². The average Bonchev–Trinajstić information content (AvgIpc) is 3.18. The lowest BCUT2D eigenvalue weighted by Crippen LogP contribution is -2.40. The number of fused-ring (bicyclic) bond motifs is 3. The van der Waals surface area contributed by atoms with Gasteiger partial charge in [0.15, 0.2) is 6.73 Å². The predicted molar refractivity (Wildman–Crippen MR) is 92.3 cm³/mol. The molecule has 1 heterocycles. The first-order valence-corrected chi connectivity index (χ1v) is 8.62. The third-order valence-electron chi connectivity index (χ3n) is 4.97. The zero-order chi connectivity index (χ0) is 19.0. The van der Waals surface area contributed by atoms with Crippen molar-refractivity contribution in [2.75, 3.05) is 13.3 Å². The van der Waals surface area contributed by atoms with Crippen LogP contribution in [0.1, 0.15) is 23.5 Å². The number of hydrogen-bond donors (Lipinski definition) is 0. The van der Waals surface area contributed by atoms with Gasteiger partial charge in [0.2, 0.25) is 6.43 Å². The monoisotopic (exact) mass is 373 g/mol. The topological polar surface area (TPSA) is 55.8 Å². The number of alkyl halides is 2. The van der Waals surface area contributed by atoms with Gasteiger partial charge in [-0.3, -0.25) is 4.90 Å². The van der Waals surface area contributed by atoms with E-state index in [9.17, 15) is 18.4 Å². The molecule has 0 aromatic heterocycles. The maximum atomic E-state index is 12.7. The van der Waals surface area contributed by atoms with Crippen molar-refractivity contribution in [3.8, 4) is 11.1 Å². The summed E-state index contributed by atoms with van der Waals surface area (Å²) in [5.74, 6) is -0.974. The molecule has 2 aliphatic rings. The summed E-state index contributed by atoms with van der Waals surface area (Å²) >= 11 is 0. The van der Waals surface area contributed by atoms with Gasteiger partial charge in [0.25, 0.3) is 0 Å². The molecule has 0 N–H and O–H groups in total. The van der Waals surface area contributed by atoms with E-state index in [0.29, 0.717) is 0 Å². The van der Waals surface area contributed by atoms with Crippen LogP contribution in [-0.4, -0.2) is 42.8 Å². The smallest absolute Gasteiger partial charge is 0.413 e. The van der Waals surface area contributed by atoms with E-state index in [-0.39, 0.29) is 19.3 Å². The molecule has 1 saturated heterocycles. The predicted octanol–water partition coefficient (Wildman–Crippen LogP) is 3.78. The fourth-order valence-corrected chi connectivity index (χ4v) is 3.70. The van der Waals surface area contributed by atoms with Crippen LogP contribution in [0.15, 0.2) is 48.5 Å². The van der Waals surface area contributed by atoms with Gasteiger partial charge in [-0.05, 0) is 22.3 Å².